The van der Waals surface area contributed by atoms with Crippen LogP contribution in [0.3, 0.4) is 0 Å². The predicted octanol–water partition coefficient (Wildman–Crippen LogP) is -0.256. The van der Waals surface area contributed by atoms with E-state index in [-0.39, 0.29) is 18.8 Å². The first kappa shape index (κ1) is 30.7. The molecule has 38 heavy (non-hydrogen) atoms. The van der Waals surface area contributed by atoms with Gasteiger partial charge in [-0.15, -0.1) is 0 Å². The van der Waals surface area contributed by atoms with Crippen LogP contribution < -0.4 is 27.4 Å². The number of rotatable bonds is 16. The first-order valence-electron chi connectivity index (χ1n) is 12.9. The molecular weight excluding hydrogens is 492 g/mol. The van der Waals surface area contributed by atoms with Crippen LogP contribution in [0, 0.1) is 5.92 Å². The molecule has 12 nitrogen and oxygen atoms in total. The lowest BCUT2D eigenvalue weighted by Gasteiger charge is -2.25. The van der Waals surface area contributed by atoms with Crippen molar-refractivity contribution in [1.82, 2.24) is 20.9 Å². The van der Waals surface area contributed by atoms with Crippen molar-refractivity contribution < 1.29 is 29.4 Å². The normalized spacial score (nSPS) is 15.2. The van der Waals surface area contributed by atoms with Crippen molar-refractivity contribution in [2.75, 3.05) is 13.2 Å². The summed E-state index contributed by atoms with van der Waals surface area (Å²) in [5, 5.41) is 27.6. The van der Waals surface area contributed by atoms with Crippen molar-refractivity contribution >= 4 is 34.6 Å². The number of aliphatic hydroxyl groups excluding tert-OH is 1. The summed E-state index contributed by atoms with van der Waals surface area (Å²) in [7, 11) is 0. The van der Waals surface area contributed by atoms with Crippen LogP contribution in [0.25, 0.3) is 10.9 Å². The summed E-state index contributed by atoms with van der Waals surface area (Å²) in [6.45, 7) is 3.35. The molecule has 2 aromatic rings. The average Bonchev–Trinajstić information content (AvgIpc) is 3.32. The summed E-state index contributed by atoms with van der Waals surface area (Å²) in [6.07, 6.45) is 3.72. The third kappa shape index (κ3) is 8.54. The van der Waals surface area contributed by atoms with Crippen LogP contribution in [0.5, 0.6) is 0 Å². The number of amides is 3. The highest BCUT2D eigenvalue weighted by atomic mass is 16.4. The van der Waals surface area contributed by atoms with Gasteiger partial charge in [0, 0.05) is 23.5 Å². The zero-order chi connectivity index (χ0) is 28.2. The molecule has 0 aliphatic heterocycles. The molecule has 210 valence electrons. The first-order chi connectivity index (χ1) is 18.1. The van der Waals surface area contributed by atoms with E-state index in [1.165, 1.54) is 0 Å². The van der Waals surface area contributed by atoms with Crippen molar-refractivity contribution in [2.45, 2.75) is 70.1 Å². The summed E-state index contributed by atoms with van der Waals surface area (Å²) in [6, 6.07) is 2.89. The van der Waals surface area contributed by atoms with Crippen molar-refractivity contribution in [3.05, 3.63) is 36.0 Å². The van der Waals surface area contributed by atoms with Gasteiger partial charge in [-0.2, -0.15) is 0 Å². The average molecular weight is 533 g/mol. The Hall–Kier alpha value is -3.48. The topological polar surface area (TPSA) is 213 Å². The molecule has 1 heterocycles. The van der Waals surface area contributed by atoms with E-state index in [1.807, 2.05) is 38.1 Å². The number of carbonyl (C=O) groups excluding carboxylic acids is 3. The Balaban J connectivity index is 2.21. The van der Waals surface area contributed by atoms with Crippen LogP contribution in [0.2, 0.25) is 0 Å². The van der Waals surface area contributed by atoms with Gasteiger partial charge in [0.25, 0.3) is 0 Å². The summed E-state index contributed by atoms with van der Waals surface area (Å²) in [5.74, 6) is -3.45. The maximum atomic E-state index is 13.3. The van der Waals surface area contributed by atoms with Gasteiger partial charge in [0.1, 0.15) is 18.1 Å². The lowest BCUT2D eigenvalue weighted by molar-refractivity contribution is -0.142. The number of carboxylic acids is 1. The highest BCUT2D eigenvalue weighted by molar-refractivity contribution is 5.95. The number of benzene rings is 1. The lowest BCUT2D eigenvalue weighted by Crippen LogP contribution is -2.59. The number of nitrogens with two attached hydrogens (primary N) is 2. The van der Waals surface area contributed by atoms with Crippen LogP contribution in [0.1, 0.15) is 45.1 Å². The fraction of sp³-hybridized carbons (Fsp3) is 0.538. The number of para-hydroxylation sites is 1. The number of nitrogens with one attached hydrogen (secondary N) is 4. The number of aromatic amines is 1. The molecule has 0 aliphatic carbocycles. The van der Waals surface area contributed by atoms with Crippen LogP contribution in [0.4, 0.5) is 0 Å². The van der Waals surface area contributed by atoms with E-state index in [4.69, 9.17) is 11.5 Å². The Morgan fingerprint density at radius 1 is 0.974 bits per heavy atom. The minimum atomic E-state index is -1.43. The van der Waals surface area contributed by atoms with Crippen molar-refractivity contribution in [3.8, 4) is 0 Å². The molecule has 10 N–H and O–H groups in total. The zero-order valence-corrected chi connectivity index (χ0v) is 21.9. The molecule has 3 amide bonds. The monoisotopic (exact) mass is 532 g/mol. The highest BCUT2D eigenvalue weighted by Gasteiger charge is 2.31. The van der Waals surface area contributed by atoms with Crippen molar-refractivity contribution in [1.29, 1.82) is 0 Å². The molecule has 0 saturated carbocycles. The molecule has 0 bridgehead atoms. The third-order valence-electron chi connectivity index (χ3n) is 6.67. The molecule has 5 atom stereocenters. The first-order valence-corrected chi connectivity index (χ1v) is 12.9. The van der Waals surface area contributed by atoms with E-state index < -0.39 is 54.5 Å². The molecular formula is C26H40N6O6. The Kier molecular flexibility index (Phi) is 12.2. The van der Waals surface area contributed by atoms with Crippen LogP contribution in [0.15, 0.2) is 30.5 Å². The van der Waals surface area contributed by atoms with E-state index in [2.05, 4.69) is 20.9 Å². The van der Waals surface area contributed by atoms with E-state index in [9.17, 15) is 29.4 Å². The Labute approximate surface area is 221 Å². The molecule has 12 heteroatoms. The van der Waals surface area contributed by atoms with Gasteiger partial charge in [0.05, 0.1) is 12.6 Å². The molecule has 0 fully saturated rings. The van der Waals surface area contributed by atoms with Gasteiger partial charge < -0.3 is 42.6 Å². The minimum absolute atomic E-state index is 0.0887. The fourth-order valence-electron chi connectivity index (χ4n) is 4.00. The molecule has 1 aromatic heterocycles. The SMILES string of the molecule is CCC(C)C(N)C(=O)NC(Cc1c[nH]c2ccccc12)C(=O)NC(CO)C(=O)NC(CCCCN)C(=O)O. The zero-order valence-electron chi connectivity index (χ0n) is 21.9. The van der Waals surface area contributed by atoms with E-state index in [1.54, 1.807) is 6.20 Å². The number of unbranched alkanes of at least 4 members (excludes halogenated alkanes) is 1. The van der Waals surface area contributed by atoms with Gasteiger partial charge in [-0.25, -0.2) is 4.79 Å². The van der Waals surface area contributed by atoms with Crippen molar-refractivity contribution in [3.63, 3.8) is 0 Å². The Morgan fingerprint density at radius 3 is 2.24 bits per heavy atom. The second kappa shape index (κ2) is 15.1. The molecule has 0 radical (unpaired) electrons. The van der Waals surface area contributed by atoms with Crippen LogP contribution >= 0.6 is 0 Å². The van der Waals surface area contributed by atoms with E-state index >= 15 is 0 Å². The highest BCUT2D eigenvalue weighted by Crippen LogP contribution is 2.19. The Bertz CT molecular complexity index is 1090. The maximum absolute atomic E-state index is 13.3. The third-order valence-corrected chi connectivity index (χ3v) is 6.67. The largest absolute Gasteiger partial charge is 0.480 e. The maximum Gasteiger partial charge on any atom is 0.326 e. The fourth-order valence-corrected chi connectivity index (χ4v) is 4.00. The van der Waals surface area contributed by atoms with Gasteiger partial charge in [0.15, 0.2) is 0 Å². The summed E-state index contributed by atoms with van der Waals surface area (Å²) < 4.78 is 0. The Morgan fingerprint density at radius 2 is 1.61 bits per heavy atom. The standard InChI is InChI=1S/C26H40N6O6/c1-3-15(2)22(28)25(36)31-20(12-16-13-29-18-9-5-4-8-17(16)18)23(34)32-21(14-33)24(35)30-19(26(37)38)10-6-7-11-27/h4-5,8-9,13,15,19-22,29,33H,3,6-7,10-12,14,27-28H2,1-2H3,(H,30,35)(H,31,36)(H,32,34)(H,37,38). The van der Waals surface area contributed by atoms with E-state index in [0.717, 1.165) is 16.5 Å². The number of H-pyrrole nitrogens is 1. The minimum Gasteiger partial charge on any atom is -0.480 e. The van der Waals surface area contributed by atoms with Gasteiger partial charge in [-0.1, -0.05) is 38.5 Å². The molecule has 5 unspecified atom stereocenters. The molecule has 2 rings (SSSR count). The van der Waals surface area contributed by atoms with Gasteiger partial charge in [0.2, 0.25) is 17.7 Å². The van der Waals surface area contributed by atoms with E-state index in [0.29, 0.717) is 25.8 Å². The number of aromatic nitrogens is 1. The summed E-state index contributed by atoms with van der Waals surface area (Å²) in [5.41, 5.74) is 13.1. The summed E-state index contributed by atoms with van der Waals surface area (Å²) in [4.78, 5) is 53.6. The second-order valence-corrected chi connectivity index (χ2v) is 9.46. The second-order valence-electron chi connectivity index (χ2n) is 9.46. The van der Waals surface area contributed by atoms with Gasteiger partial charge in [-0.3, -0.25) is 14.4 Å². The van der Waals surface area contributed by atoms with Crippen LogP contribution in [-0.4, -0.2) is 76.2 Å². The number of hydrogen-bond acceptors (Lipinski definition) is 7. The quantitative estimate of drug-likeness (QED) is 0.135. The predicted molar refractivity (Wildman–Crippen MR) is 143 cm³/mol. The lowest BCUT2D eigenvalue weighted by atomic mass is 9.98. The van der Waals surface area contributed by atoms with Gasteiger partial charge in [-0.05, 0) is 43.4 Å². The number of fused-ring (bicyclic) bond motifs is 1. The number of aliphatic hydroxyl groups is 1. The molecule has 0 spiro atoms. The smallest absolute Gasteiger partial charge is 0.326 e. The number of aliphatic carboxylic acids is 1. The summed E-state index contributed by atoms with van der Waals surface area (Å²) >= 11 is 0. The van der Waals surface area contributed by atoms with Gasteiger partial charge >= 0.3 is 5.97 Å². The molecule has 1 aromatic carbocycles. The molecule has 0 aliphatic rings. The number of hydrogen-bond donors (Lipinski definition) is 8. The number of carboxylic acid groups (broad SMARTS) is 1. The number of carbonyl (C=O) groups is 4. The van der Waals surface area contributed by atoms with Crippen LogP contribution in [-0.2, 0) is 25.6 Å². The molecule has 0 saturated heterocycles. The van der Waals surface area contributed by atoms with Crippen molar-refractivity contribution in [2.24, 2.45) is 17.4 Å².